The third-order valence-electron chi connectivity index (χ3n) is 10.9. The standard InChI is InChI=1S/C28H46O/c1-18(2)19(3)7-8-20(4)24-11-12-25-23-10-9-21-17-22(29)13-15-27(21,5)26(23)14-16-28(24,25)6/h9,18-20,23-26H,7-8,10-17H2,1-6H3. The average molecular weight is 399 g/mol. The highest BCUT2D eigenvalue weighted by atomic mass is 16.1. The quantitative estimate of drug-likeness (QED) is 0.431. The summed E-state index contributed by atoms with van der Waals surface area (Å²) in [6.45, 7) is 15.0. The molecule has 1 heteroatoms. The highest BCUT2D eigenvalue weighted by Gasteiger charge is 2.59. The number of carbonyl (C=O) groups is 1. The topological polar surface area (TPSA) is 17.1 Å². The van der Waals surface area contributed by atoms with Crippen LogP contribution < -0.4 is 0 Å². The Kier molecular flexibility index (Phi) is 5.84. The molecule has 0 radical (unpaired) electrons. The zero-order valence-electron chi connectivity index (χ0n) is 20.1. The Morgan fingerprint density at radius 2 is 1.76 bits per heavy atom. The molecule has 0 spiro atoms. The lowest BCUT2D eigenvalue weighted by Crippen LogP contribution is -2.50. The first-order chi connectivity index (χ1) is 13.7. The van der Waals surface area contributed by atoms with E-state index in [1.807, 2.05) is 0 Å². The molecule has 8 atom stereocenters. The molecule has 0 aromatic heterocycles. The molecule has 0 bridgehead atoms. The number of hydrogen-bond acceptors (Lipinski definition) is 1. The van der Waals surface area contributed by atoms with Gasteiger partial charge in [0.25, 0.3) is 0 Å². The van der Waals surface area contributed by atoms with Crippen LogP contribution in [0.1, 0.15) is 106 Å². The van der Waals surface area contributed by atoms with Gasteiger partial charge >= 0.3 is 0 Å². The summed E-state index contributed by atoms with van der Waals surface area (Å²) >= 11 is 0. The Balaban J connectivity index is 1.49. The van der Waals surface area contributed by atoms with Crippen LogP contribution in [0.3, 0.4) is 0 Å². The summed E-state index contributed by atoms with van der Waals surface area (Å²) in [7, 11) is 0. The highest BCUT2D eigenvalue weighted by molar-refractivity contribution is 5.82. The van der Waals surface area contributed by atoms with Crippen LogP contribution in [-0.4, -0.2) is 5.78 Å². The van der Waals surface area contributed by atoms with E-state index in [0.717, 1.165) is 60.7 Å². The number of rotatable bonds is 5. The van der Waals surface area contributed by atoms with Crippen molar-refractivity contribution in [3.8, 4) is 0 Å². The van der Waals surface area contributed by atoms with Crippen LogP contribution in [0.2, 0.25) is 0 Å². The van der Waals surface area contributed by atoms with Gasteiger partial charge in [0, 0.05) is 12.8 Å². The summed E-state index contributed by atoms with van der Waals surface area (Å²) in [6.07, 6.45) is 15.1. The third kappa shape index (κ3) is 3.57. The molecule has 3 fully saturated rings. The molecular weight excluding hydrogens is 352 g/mol. The molecule has 164 valence electrons. The van der Waals surface area contributed by atoms with Gasteiger partial charge in [-0.05, 0) is 90.8 Å². The SMILES string of the molecule is CC(C)C(C)CCC(C)C1CCC2C3CC=C4CC(=O)CCC4(C)C3CCC12C. The summed E-state index contributed by atoms with van der Waals surface area (Å²) in [5, 5.41) is 0. The molecule has 1 nitrogen and oxygen atoms in total. The third-order valence-corrected chi connectivity index (χ3v) is 10.9. The zero-order chi connectivity index (χ0) is 21.0. The summed E-state index contributed by atoms with van der Waals surface area (Å²) in [4.78, 5) is 12.1. The molecular formula is C28H46O. The van der Waals surface area contributed by atoms with Crippen molar-refractivity contribution in [3.05, 3.63) is 11.6 Å². The van der Waals surface area contributed by atoms with E-state index in [4.69, 9.17) is 0 Å². The smallest absolute Gasteiger partial charge is 0.136 e. The Morgan fingerprint density at radius 1 is 1.00 bits per heavy atom. The number of allylic oxidation sites excluding steroid dienone is 2. The number of ketones is 1. The largest absolute Gasteiger partial charge is 0.299 e. The molecule has 0 N–H and O–H groups in total. The van der Waals surface area contributed by atoms with Gasteiger partial charge in [0.1, 0.15) is 5.78 Å². The van der Waals surface area contributed by atoms with Crippen LogP contribution >= 0.6 is 0 Å². The first kappa shape index (κ1) is 21.6. The van der Waals surface area contributed by atoms with Crippen molar-refractivity contribution in [2.75, 3.05) is 0 Å². The Labute approximate surface area is 180 Å². The number of hydrogen-bond donors (Lipinski definition) is 0. The molecule has 4 aliphatic rings. The fourth-order valence-electron chi connectivity index (χ4n) is 8.51. The van der Waals surface area contributed by atoms with Crippen molar-refractivity contribution in [3.63, 3.8) is 0 Å². The van der Waals surface area contributed by atoms with E-state index in [1.54, 1.807) is 0 Å². The Bertz CT molecular complexity index is 659. The van der Waals surface area contributed by atoms with Crippen molar-refractivity contribution in [2.45, 2.75) is 106 Å². The maximum atomic E-state index is 12.1. The lowest BCUT2D eigenvalue weighted by atomic mass is 9.47. The molecule has 8 unspecified atom stereocenters. The minimum atomic E-state index is 0.328. The monoisotopic (exact) mass is 398 g/mol. The molecule has 3 saturated carbocycles. The van der Waals surface area contributed by atoms with Gasteiger partial charge in [-0.25, -0.2) is 0 Å². The number of Topliss-reactive ketones (excluding diaryl/α,β-unsaturated/α-hetero) is 1. The van der Waals surface area contributed by atoms with E-state index in [1.165, 1.54) is 50.5 Å². The second kappa shape index (κ2) is 7.83. The van der Waals surface area contributed by atoms with Crippen molar-refractivity contribution in [1.29, 1.82) is 0 Å². The fraction of sp³-hybridized carbons (Fsp3) is 0.893. The predicted octanol–water partition coefficient (Wildman–Crippen LogP) is 7.84. The van der Waals surface area contributed by atoms with E-state index < -0.39 is 0 Å². The Hall–Kier alpha value is -0.590. The second-order valence-corrected chi connectivity index (χ2v) is 12.5. The van der Waals surface area contributed by atoms with Crippen molar-refractivity contribution < 1.29 is 4.79 Å². The van der Waals surface area contributed by atoms with Gasteiger partial charge in [0.05, 0.1) is 0 Å². The minimum Gasteiger partial charge on any atom is -0.299 e. The van der Waals surface area contributed by atoms with E-state index in [-0.39, 0.29) is 0 Å². The van der Waals surface area contributed by atoms with Crippen molar-refractivity contribution in [1.82, 2.24) is 0 Å². The van der Waals surface area contributed by atoms with Gasteiger partial charge < -0.3 is 0 Å². The van der Waals surface area contributed by atoms with Crippen LogP contribution in [0.15, 0.2) is 11.6 Å². The van der Waals surface area contributed by atoms with Gasteiger partial charge in [-0.3, -0.25) is 4.79 Å². The molecule has 0 aromatic rings. The van der Waals surface area contributed by atoms with Crippen molar-refractivity contribution in [2.24, 2.45) is 52.3 Å². The average Bonchev–Trinajstić information content (AvgIpc) is 3.03. The van der Waals surface area contributed by atoms with Crippen molar-refractivity contribution >= 4 is 5.78 Å². The molecule has 4 aliphatic carbocycles. The molecule has 0 saturated heterocycles. The summed E-state index contributed by atoms with van der Waals surface area (Å²) < 4.78 is 0. The highest BCUT2D eigenvalue weighted by Crippen LogP contribution is 2.67. The lowest BCUT2D eigenvalue weighted by molar-refractivity contribution is -0.122. The fourth-order valence-corrected chi connectivity index (χ4v) is 8.51. The molecule has 0 aromatic carbocycles. The summed E-state index contributed by atoms with van der Waals surface area (Å²) in [6, 6.07) is 0. The van der Waals surface area contributed by atoms with E-state index in [0.29, 0.717) is 16.6 Å². The molecule has 0 heterocycles. The second-order valence-electron chi connectivity index (χ2n) is 12.5. The minimum absolute atomic E-state index is 0.328. The van der Waals surface area contributed by atoms with Crippen LogP contribution in [0.4, 0.5) is 0 Å². The van der Waals surface area contributed by atoms with Gasteiger partial charge in [-0.15, -0.1) is 0 Å². The predicted molar refractivity (Wildman–Crippen MR) is 123 cm³/mol. The molecule has 0 aliphatic heterocycles. The van der Waals surface area contributed by atoms with Crippen LogP contribution in [0.25, 0.3) is 0 Å². The summed E-state index contributed by atoms with van der Waals surface area (Å²) in [5.74, 6) is 6.59. The van der Waals surface area contributed by atoms with Gasteiger partial charge in [-0.1, -0.05) is 66.0 Å². The van der Waals surface area contributed by atoms with Crippen LogP contribution in [0, 0.1) is 52.3 Å². The Morgan fingerprint density at radius 3 is 2.48 bits per heavy atom. The molecule has 0 amide bonds. The molecule has 29 heavy (non-hydrogen) atoms. The maximum absolute atomic E-state index is 12.1. The lowest BCUT2D eigenvalue weighted by Gasteiger charge is -2.58. The van der Waals surface area contributed by atoms with E-state index >= 15 is 0 Å². The van der Waals surface area contributed by atoms with Crippen LogP contribution in [0.5, 0.6) is 0 Å². The van der Waals surface area contributed by atoms with E-state index in [9.17, 15) is 4.79 Å². The number of carbonyl (C=O) groups excluding carboxylic acids is 1. The number of fused-ring (bicyclic) bond motifs is 5. The van der Waals surface area contributed by atoms with Gasteiger partial charge in [-0.2, -0.15) is 0 Å². The maximum Gasteiger partial charge on any atom is 0.136 e. The van der Waals surface area contributed by atoms with Gasteiger partial charge in [0.15, 0.2) is 0 Å². The van der Waals surface area contributed by atoms with Gasteiger partial charge in [0.2, 0.25) is 0 Å². The zero-order valence-corrected chi connectivity index (χ0v) is 20.1. The summed E-state index contributed by atoms with van der Waals surface area (Å²) in [5.41, 5.74) is 2.41. The normalized spacial score (nSPS) is 44.0. The first-order valence-corrected chi connectivity index (χ1v) is 12.9. The van der Waals surface area contributed by atoms with Crippen LogP contribution in [-0.2, 0) is 4.79 Å². The first-order valence-electron chi connectivity index (χ1n) is 12.9. The molecule has 4 rings (SSSR count). The van der Waals surface area contributed by atoms with E-state index in [2.05, 4.69) is 47.6 Å².